The van der Waals surface area contributed by atoms with Gasteiger partial charge in [0.2, 0.25) is 9.37 Å². The second-order valence-electron chi connectivity index (χ2n) is 7.14. The Labute approximate surface area is 205 Å². The minimum atomic E-state index is -0.973. The van der Waals surface area contributed by atoms with Gasteiger partial charge in [0.25, 0.3) is 0 Å². The highest BCUT2D eigenvalue weighted by molar-refractivity contribution is 8.28. The summed E-state index contributed by atoms with van der Waals surface area (Å²) < 4.78 is 9.32. The average Bonchev–Trinajstić information content (AvgIpc) is 3.34. The summed E-state index contributed by atoms with van der Waals surface area (Å²) in [7, 11) is 1.32. The summed E-state index contributed by atoms with van der Waals surface area (Å²) in [6, 6.07) is 17.1. The molecule has 1 spiro atoms. The standard InChI is InChI=1S/C23H22ClN3O4S2/c1-4-31-21(28)19-15(2)26(14-16-8-6-5-7-9-16)23(32-19)27(18-12-10-17(24)11-13-18)25-20(33-23)22(29)30-3/h5-13H,4,14H2,1-3H3/t23-/m1/s1. The Hall–Kier alpha value is -2.62. The van der Waals surface area contributed by atoms with E-state index in [0.717, 1.165) is 11.3 Å². The summed E-state index contributed by atoms with van der Waals surface area (Å²) in [6.07, 6.45) is 0. The van der Waals surface area contributed by atoms with Crippen LogP contribution in [0.5, 0.6) is 0 Å². The van der Waals surface area contributed by atoms with Crippen molar-refractivity contribution in [2.75, 3.05) is 18.7 Å². The molecular formula is C23H22ClN3O4S2. The zero-order valence-electron chi connectivity index (χ0n) is 18.3. The molecule has 0 aromatic heterocycles. The van der Waals surface area contributed by atoms with Crippen LogP contribution in [0.4, 0.5) is 5.69 Å². The van der Waals surface area contributed by atoms with Crippen molar-refractivity contribution in [2.45, 2.75) is 24.7 Å². The van der Waals surface area contributed by atoms with Crippen molar-refractivity contribution in [3.05, 3.63) is 75.8 Å². The number of thioether (sulfide) groups is 2. The van der Waals surface area contributed by atoms with Crippen LogP contribution in [0.15, 0.2) is 70.3 Å². The highest BCUT2D eigenvalue weighted by atomic mass is 35.5. The zero-order chi connectivity index (χ0) is 23.6. The van der Waals surface area contributed by atoms with E-state index in [2.05, 4.69) is 10.0 Å². The molecule has 0 aliphatic carbocycles. The summed E-state index contributed by atoms with van der Waals surface area (Å²) in [5, 5.41) is 7.13. The molecule has 4 rings (SSSR count). The topological polar surface area (TPSA) is 71.4 Å². The fourth-order valence-corrected chi connectivity index (χ4v) is 6.59. The molecule has 0 saturated heterocycles. The van der Waals surface area contributed by atoms with Crippen LogP contribution in [-0.4, -0.2) is 39.9 Å². The number of carbonyl (C=O) groups is 2. The maximum atomic E-state index is 12.9. The first-order valence-corrected chi connectivity index (χ1v) is 12.2. The third-order valence-corrected chi connectivity index (χ3v) is 8.25. The van der Waals surface area contributed by atoms with E-state index in [0.29, 0.717) is 22.2 Å². The first kappa shape index (κ1) is 23.5. The molecule has 0 fully saturated rings. The summed E-state index contributed by atoms with van der Waals surface area (Å²) >= 11 is 8.66. The van der Waals surface area contributed by atoms with Gasteiger partial charge in [-0.1, -0.05) is 53.7 Å². The predicted molar refractivity (Wildman–Crippen MR) is 133 cm³/mol. The molecule has 0 radical (unpaired) electrons. The number of anilines is 1. The van der Waals surface area contributed by atoms with E-state index in [-0.39, 0.29) is 11.7 Å². The second kappa shape index (κ2) is 9.70. The summed E-state index contributed by atoms with van der Waals surface area (Å²) in [5.74, 6) is -0.948. The number of rotatable bonds is 6. The molecule has 2 aromatic carbocycles. The Bertz CT molecular complexity index is 1120. The number of allylic oxidation sites excluding steroid dienone is 1. The van der Waals surface area contributed by atoms with Crippen molar-refractivity contribution >= 4 is 57.8 Å². The van der Waals surface area contributed by atoms with Gasteiger partial charge < -0.3 is 14.4 Å². The molecule has 2 aliphatic rings. The zero-order valence-corrected chi connectivity index (χ0v) is 20.7. The van der Waals surface area contributed by atoms with Gasteiger partial charge in [-0.2, -0.15) is 5.10 Å². The van der Waals surface area contributed by atoms with Crippen molar-refractivity contribution < 1.29 is 19.1 Å². The van der Waals surface area contributed by atoms with E-state index in [1.807, 2.05) is 49.4 Å². The van der Waals surface area contributed by atoms with Crippen molar-refractivity contribution in [2.24, 2.45) is 5.10 Å². The summed E-state index contributed by atoms with van der Waals surface area (Å²) in [4.78, 5) is 27.9. The largest absolute Gasteiger partial charge is 0.464 e. The third kappa shape index (κ3) is 4.45. The molecule has 0 N–H and O–H groups in total. The Morgan fingerprint density at radius 1 is 1.06 bits per heavy atom. The Morgan fingerprint density at radius 3 is 2.39 bits per heavy atom. The number of hydrogen-bond donors (Lipinski definition) is 0. The van der Waals surface area contributed by atoms with Crippen molar-refractivity contribution in [1.29, 1.82) is 0 Å². The average molecular weight is 504 g/mol. The van der Waals surface area contributed by atoms with Crippen LogP contribution in [0.25, 0.3) is 0 Å². The number of halogens is 1. The lowest BCUT2D eigenvalue weighted by Gasteiger charge is -2.41. The fraction of sp³-hybridized carbons (Fsp3) is 0.261. The first-order valence-electron chi connectivity index (χ1n) is 10.2. The fourth-order valence-electron chi connectivity index (χ4n) is 3.52. The Morgan fingerprint density at radius 2 is 1.76 bits per heavy atom. The van der Waals surface area contributed by atoms with Gasteiger partial charge in [-0.25, -0.2) is 14.6 Å². The van der Waals surface area contributed by atoms with Gasteiger partial charge in [0.1, 0.15) is 4.91 Å². The van der Waals surface area contributed by atoms with Crippen LogP contribution in [0, 0.1) is 0 Å². The van der Waals surface area contributed by atoms with Gasteiger partial charge in [-0.05, 0) is 55.4 Å². The minimum absolute atomic E-state index is 0.191. The number of carbonyl (C=O) groups excluding carboxylic acids is 2. The molecule has 7 nitrogen and oxygen atoms in total. The third-order valence-electron chi connectivity index (χ3n) is 5.07. The lowest BCUT2D eigenvalue weighted by atomic mass is 10.2. The molecule has 1 atom stereocenters. The lowest BCUT2D eigenvalue weighted by Crippen LogP contribution is -2.48. The van der Waals surface area contributed by atoms with Crippen molar-refractivity contribution in [3.63, 3.8) is 0 Å². The number of methoxy groups -OCH3 is 1. The Balaban J connectivity index is 1.83. The molecule has 0 bridgehead atoms. The smallest absolute Gasteiger partial charge is 0.365 e. The number of benzene rings is 2. The molecule has 33 heavy (non-hydrogen) atoms. The maximum absolute atomic E-state index is 12.9. The van der Waals surface area contributed by atoms with Gasteiger partial charge in [0, 0.05) is 17.3 Å². The molecule has 10 heteroatoms. The molecule has 2 heterocycles. The monoisotopic (exact) mass is 503 g/mol. The van der Waals surface area contributed by atoms with Crippen LogP contribution >= 0.6 is 35.1 Å². The number of hydrogen-bond acceptors (Lipinski definition) is 9. The van der Waals surface area contributed by atoms with E-state index in [1.54, 1.807) is 24.1 Å². The number of nitrogens with zero attached hydrogens (tertiary/aromatic N) is 3. The van der Waals surface area contributed by atoms with Crippen LogP contribution in [0.2, 0.25) is 5.02 Å². The molecule has 0 amide bonds. The van der Waals surface area contributed by atoms with Crippen LogP contribution < -0.4 is 5.01 Å². The first-order chi connectivity index (χ1) is 15.9. The molecule has 0 saturated carbocycles. The molecule has 2 aromatic rings. The predicted octanol–water partition coefficient (Wildman–Crippen LogP) is 5.03. The van der Waals surface area contributed by atoms with Gasteiger partial charge >= 0.3 is 11.9 Å². The van der Waals surface area contributed by atoms with E-state index >= 15 is 0 Å². The minimum Gasteiger partial charge on any atom is -0.464 e. The van der Waals surface area contributed by atoms with Gasteiger partial charge in [0.05, 0.1) is 19.4 Å². The molecular weight excluding hydrogens is 482 g/mol. The summed E-state index contributed by atoms with van der Waals surface area (Å²) in [6.45, 7) is 4.41. The Kier molecular flexibility index (Phi) is 6.92. The maximum Gasteiger partial charge on any atom is 0.365 e. The number of ether oxygens (including phenoxy) is 2. The molecule has 0 unspecified atom stereocenters. The van der Waals surface area contributed by atoms with E-state index in [1.165, 1.54) is 30.6 Å². The van der Waals surface area contributed by atoms with E-state index in [9.17, 15) is 9.59 Å². The van der Waals surface area contributed by atoms with Crippen molar-refractivity contribution in [1.82, 2.24) is 4.90 Å². The van der Waals surface area contributed by atoms with Gasteiger partial charge in [-0.15, -0.1) is 0 Å². The van der Waals surface area contributed by atoms with Crippen LogP contribution in [0.3, 0.4) is 0 Å². The SMILES string of the molecule is CCOC(=O)C1=C(C)N(Cc2ccccc2)[C@]2(SC(C(=O)OC)=NN2c2ccc(Cl)cc2)S1. The summed E-state index contributed by atoms with van der Waals surface area (Å²) in [5.41, 5.74) is 2.51. The van der Waals surface area contributed by atoms with Gasteiger partial charge in [0.15, 0.2) is 0 Å². The lowest BCUT2D eigenvalue weighted by molar-refractivity contribution is -0.137. The van der Waals surface area contributed by atoms with Crippen LogP contribution in [0.1, 0.15) is 19.4 Å². The second-order valence-corrected chi connectivity index (χ2v) is 10.2. The quantitative estimate of drug-likeness (QED) is 0.508. The van der Waals surface area contributed by atoms with Gasteiger partial charge in [-0.3, -0.25) is 0 Å². The highest BCUT2D eigenvalue weighted by Gasteiger charge is 2.57. The normalized spacial score (nSPS) is 19.8. The highest BCUT2D eigenvalue weighted by Crippen LogP contribution is 2.59. The van der Waals surface area contributed by atoms with Crippen LogP contribution in [-0.2, 0) is 25.6 Å². The van der Waals surface area contributed by atoms with E-state index in [4.69, 9.17) is 21.1 Å². The number of hydrazone groups is 1. The molecule has 2 aliphatic heterocycles. The van der Waals surface area contributed by atoms with Crippen molar-refractivity contribution in [3.8, 4) is 0 Å². The molecule has 172 valence electrons. The number of esters is 2. The van der Waals surface area contributed by atoms with E-state index < -0.39 is 16.3 Å².